The van der Waals surface area contributed by atoms with Crippen molar-refractivity contribution in [2.75, 3.05) is 13.6 Å². The summed E-state index contributed by atoms with van der Waals surface area (Å²) in [4.78, 5) is 25.6. The predicted molar refractivity (Wildman–Crippen MR) is 72.2 cm³/mol. The normalized spacial score (nSPS) is 18.5. The van der Waals surface area contributed by atoms with E-state index in [2.05, 4.69) is 21.2 Å². The fourth-order valence-electron chi connectivity index (χ4n) is 2.24. The highest BCUT2D eigenvalue weighted by Gasteiger charge is 2.34. The molecule has 6 heteroatoms. The molecule has 0 saturated carbocycles. The number of rotatable bonds is 2. The minimum Gasteiger partial charge on any atom is -0.357 e. The lowest BCUT2D eigenvalue weighted by Gasteiger charge is -2.23. The van der Waals surface area contributed by atoms with Gasteiger partial charge in [-0.15, -0.1) is 0 Å². The maximum atomic E-state index is 13.2. The van der Waals surface area contributed by atoms with Crippen LogP contribution in [0, 0.1) is 5.82 Å². The van der Waals surface area contributed by atoms with Gasteiger partial charge in [-0.3, -0.25) is 9.59 Å². The van der Waals surface area contributed by atoms with E-state index in [0.717, 1.165) is 6.42 Å². The van der Waals surface area contributed by atoms with Crippen LogP contribution in [0.1, 0.15) is 23.2 Å². The molecule has 0 spiro atoms. The van der Waals surface area contributed by atoms with Crippen LogP contribution in [0.5, 0.6) is 0 Å². The molecule has 1 aromatic rings. The SMILES string of the molecule is CNC(=O)C1CCCN1C(=O)c1ccc(F)c(Br)c1. The Labute approximate surface area is 119 Å². The molecule has 1 aromatic carbocycles. The number of hydrogen-bond donors (Lipinski definition) is 1. The van der Waals surface area contributed by atoms with Gasteiger partial charge in [0, 0.05) is 19.2 Å². The van der Waals surface area contributed by atoms with Gasteiger partial charge in [-0.1, -0.05) is 0 Å². The molecule has 1 saturated heterocycles. The molecule has 1 unspecified atom stereocenters. The van der Waals surface area contributed by atoms with E-state index in [1.165, 1.54) is 18.2 Å². The molecule has 0 bridgehead atoms. The van der Waals surface area contributed by atoms with Crippen LogP contribution in [0.25, 0.3) is 0 Å². The first-order valence-electron chi connectivity index (χ1n) is 6.02. The third kappa shape index (κ3) is 2.78. The van der Waals surface area contributed by atoms with Crippen molar-refractivity contribution < 1.29 is 14.0 Å². The van der Waals surface area contributed by atoms with Gasteiger partial charge in [0.25, 0.3) is 5.91 Å². The van der Waals surface area contributed by atoms with Crippen molar-refractivity contribution in [1.29, 1.82) is 0 Å². The first-order valence-corrected chi connectivity index (χ1v) is 6.81. The number of carbonyl (C=O) groups is 2. The molecule has 2 amide bonds. The van der Waals surface area contributed by atoms with Gasteiger partial charge in [-0.05, 0) is 47.0 Å². The summed E-state index contributed by atoms with van der Waals surface area (Å²) in [5.41, 5.74) is 0.379. The predicted octanol–water partition coefficient (Wildman–Crippen LogP) is 1.94. The smallest absolute Gasteiger partial charge is 0.254 e. The molecule has 1 fully saturated rings. The van der Waals surface area contributed by atoms with E-state index < -0.39 is 11.9 Å². The number of nitrogens with one attached hydrogen (secondary N) is 1. The molecule has 19 heavy (non-hydrogen) atoms. The van der Waals surface area contributed by atoms with Crippen LogP contribution in [-0.4, -0.2) is 36.3 Å². The summed E-state index contributed by atoms with van der Waals surface area (Å²) >= 11 is 3.06. The highest BCUT2D eigenvalue weighted by Crippen LogP contribution is 2.23. The van der Waals surface area contributed by atoms with Crippen LogP contribution < -0.4 is 5.32 Å². The monoisotopic (exact) mass is 328 g/mol. The average Bonchev–Trinajstić information content (AvgIpc) is 2.89. The van der Waals surface area contributed by atoms with E-state index in [-0.39, 0.29) is 16.3 Å². The van der Waals surface area contributed by atoms with Gasteiger partial charge in [-0.2, -0.15) is 0 Å². The van der Waals surface area contributed by atoms with E-state index in [1.807, 2.05) is 0 Å². The Morgan fingerprint density at radius 1 is 1.47 bits per heavy atom. The largest absolute Gasteiger partial charge is 0.357 e. The lowest BCUT2D eigenvalue weighted by molar-refractivity contribution is -0.124. The molecule has 1 N–H and O–H groups in total. The quantitative estimate of drug-likeness (QED) is 0.901. The summed E-state index contributed by atoms with van der Waals surface area (Å²) < 4.78 is 13.4. The van der Waals surface area contributed by atoms with Gasteiger partial charge >= 0.3 is 0 Å². The second-order valence-corrected chi connectivity index (χ2v) is 5.25. The second-order valence-electron chi connectivity index (χ2n) is 4.40. The standard InChI is InChI=1S/C13H14BrFN2O2/c1-16-12(18)11-3-2-6-17(11)13(19)8-4-5-10(15)9(14)7-8/h4-5,7,11H,2-3,6H2,1H3,(H,16,18). The van der Waals surface area contributed by atoms with Crippen LogP contribution in [0.3, 0.4) is 0 Å². The third-order valence-corrected chi connectivity index (χ3v) is 3.84. The molecule has 1 atom stereocenters. The van der Waals surface area contributed by atoms with Gasteiger partial charge in [0.1, 0.15) is 11.9 Å². The zero-order valence-electron chi connectivity index (χ0n) is 10.5. The number of nitrogens with zero attached hydrogens (tertiary/aromatic N) is 1. The lowest BCUT2D eigenvalue weighted by atomic mass is 10.1. The number of benzene rings is 1. The Kier molecular flexibility index (Phi) is 4.19. The summed E-state index contributed by atoms with van der Waals surface area (Å²) in [7, 11) is 1.55. The molecule has 1 aliphatic heterocycles. The highest BCUT2D eigenvalue weighted by molar-refractivity contribution is 9.10. The first-order chi connectivity index (χ1) is 9.04. The van der Waals surface area contributed by atoms with Crippen molar-refractivity contribution in [2.45, 2.75) is 18.9 Å². The Hall–Kier alpha value is -1.43. The van der Waals surface area contributed by atoms with Crippen LogP contribution >= 0.6 is 15.9 Å². The number of hydrogen-bond acceptors (Lipinski definition) is 2. The summed E-state index contributed by atoms with van der Waals surface area (Å²) in [6.45, 7) is 0.548. The van der Waals surface area contributed by atoms with Crippen LogP contribution in [0.4, 0.5) is 4.39 Å². The molecule has 0 radical (unpaired) electrons. The summed E-state index contributed by atoms with van der Waals surface area (Å²) in [6.07, 6.45) is 1.46. The highest BCUT2D eigenvalue weighted by atomic mass is 79.9. The molecule has 1 aliphatic rings. The van der Waals surface area contributed by atoms with E-state index in [1.54, 1.807) is 11.9 Å². The maximum absolute atomic E-state index is 13.2. The number of amides is 2. The minimum atomic E-state index is -0.429. The molecule has 2 rings (SSSR count). The van der Waals surface area contributed by atoms with E-state index >= 15 is 0 Å². The fraction of sp³-hybridized carbons (Fsp3) is 0.385. The average molecular weight is 329 g/mol. The Balaban J connectivity index is 2.23. The van der Waals surface area contributed by atoms with E-state index in [4.69, 9.17) is 0 Å². The molecular formula is C13H14BrFN2O2. The van der Waals surface area contributed by atoms with Gasteiger partial charge in [0.2, 0.25) is 5.91 Å². The maximum Gasteiger partial charge on any atom is 0.254 e. The Bertz CT molecular complexity index is 521. The van der Waals surface area contributed by atoms with Crippen LogP contribution in [-0.2, 0) is 4.79 Å². The lowest BCUT2D eigenvalue weighted by Crippen LogP contribution is -2.44. The number of carbonyl (C=O) groups excluding carboxylic acids is 2. The van der Waals surface area contributed by atoms with Gasteiger partial charge in [0.15, 0.2) is 0 Å². The van der Waals surface area contributed by atoms with Crippen molar-refractivity contribution in [3.63, 3.8) is 0 Å². The first kappa shape index (κ1) is 14.0. The number of likely N-dealkylation sites (tertiary alicyclic amines) is 1. The minimum absolute atomic E-state index is 0.160. The topological polar surface area (TPSA) is 49.4 Å². The third-order valence-electron chi connectivity index (χ3n) is 3.23. The van der Waals surface area contributed by atoms with Gasteiger partial charge in [0.05, 0.1) is 4.47 Å². The van der Waals surface area contributed by atoms with Crippen LogP contribution in [0.2, 0.25) is 0 Å². The zero-order valence-corrected chi connectivity index (χ0v) is 12.0. The summed E-state index contributed by atoms with van der Waals surface area (Å²) in [5.74, 6) is -0.820. The zero-order chi connectivity index (χ0) is 14.0. The molecule has 0 aromatic heterocycles. The van der Waals surface area contributed by atoms with Crippen molar-refractivity contribution in [3.8, 4) is 0 Å². The molecule has 0 aliphatic carbocycles. The van der Waals surface area contributed by atoms with Crippen molar-refractivity contribution >= 4 is 27.7 Å². The molecule has 1 heterocycles. The Morgan fingerprint density at radius 2 is 2.21 bits per heavy atom. The Morgan fingerprint density at radius 3 is 2.84 bits per heavy atom. The number of likely N-dealkylation sites (N-methyl/N-ethyl adjacent to an activating group) is 1. The summed E-state index contributed by atoms with van der Waals surface area (Å²) in [5, 5.41) is 2.56. The van der Waals surface area contributed by atoms with E-state index in [9.17, 15) is 14.0 Å². The fourth-order valence-corrected chi connectivity index (χ4v) is 2.62. The van der Waals surface area contributed by atoms with Crippen LogP contribution in [0.15, 0.2) is 22.7 Å². The summed E-state index contributed by atoms with van der Waals surface area (Å²) in [6, 6.07) is 3.68. The van der Waals surface area contributed by atoms with E-state index in [0.29, 0.717) is 18.5 Å². The second kappa shape index (κ2) is 5.69. The number of halogens is 2. The van der Waals surface area contributed by atoms with Gasteiger partial charge < -0.3 is 10.2 Å². The molecule has 102 valence electrons. The van der Waals surface area contributed by atoms with Crippen molar-refractivity contribution in [1.82, 2.24) is 10.2 Å². The van der Waals surface area contributed by atoms with Crippen molar-refractivity contribution in [2.24, 2.45) is 0 Å². The van der Waals surface area contributed by atoms with Crippen molar-refractivity contribution in [3.05, 3.63) is 34.1 Å². The molecule has 4 nitrogen and oxygen atoms in total. The molecular weight excluding hydrogens is 315 g/mol. The van der Waals surface area contributed by atoms with Gasteiger partial charge in [-0.25, -0.2) is 4.39 Å².